The molecule has 1 spiro atoms. The molecule has 2 aliphatic heterocycles. The summed E-state index contributed by atoms with van der Waals surface area (Å²) in [6.45, 7) is 6.54. The summed E-state index contributed by atoms with van der Waals surface area (Å²) in [5.41, 5.74) is -0.988. The van der Waals surface area contributed by atoms with Gasteiger partial charge in [0.1, 0.15) is 0 Å². The smallest absolute Gasteiger partial charge is 0.416 e. The number of aromatic nitrogens is 2. The first kappa shape index (κ1) is 21.8. The van der Waals surface area contributed by atoms with Gasteiger partial charge in [-0.15, -0.1) is 10.2 Å². The van der Waals surface area contributed by atoms with E-state index in [2.05, 4.69) is 22.1 Å². The van der Waals surface area contributed by atoms with Gasteiger partial charge in [0.05, 0.1) is 11.5 Å². The Labute approximate surface area is 179 Å². The minimum atomic E-state index is -4.49. The van der Waals surface area contributed by atoms with Crippen LogP contribution in [-0.2, 0) is 6.18 Å². The maximum Gasteiger partial charge on any atom is 0.416 e. The SMILES string of the molecule is CC(C)c1nnc(C2CN(C(=O)c3cccc(C(F)(F)F)c3)CC23CCN(C)CC3)o1. The summed E-state index contributed by atoms with van der Waals surface area (Å²) in [6.07, 6.45) is -2.77. The number of benzene rings is 1. The van der Waals surface area contributed by atoms with Gasteiger partial charge >= 0.3 is 6.18 Å². The number of hydrogen-bond acceptors (Lipinski definition) is 5. The number of rotatable bonds is 3. The standard InChI is InChI=1S/C22H27F3N4O2/c1-14(2)18-26-27-19(31-18)17-12-29(13-21(17)7-9-28(3)10-8-21)20(30)15-5-4-6-16(11-15)22(23,24)25/h4-6,11,14,17H,7-10,12-13H2,1-3H3. The lowest BCUT2D eigenvalue weighted by molar-refractivity contribution is -0.137. The normalized spacial score (nSPS) is 21.9. The molecule has 168 valence electrons. The average Bonchev–Trinajstić information content (AvgIpc) is 3.35. The summed E-state index contributed by atoms with van der Waals surface area (Å²) in [4.78, 5) is 17.1. The third-order valence-corrected chi connectivity index (χ3v) is 6.60. The van der Waals surface area contributed by atoms with Crippen molar-refractivity contribution in [2.75, 3.05) is 33.2 Å². The van der Waals surface area contributed by atoms with Crippen LogP contribution >= 0.6 is 0 Å². The van der Waals surface area contributed by atoms with Crippen LogP contribution in [0.5, 0.6) is 0 Å². The number of alkyl halides is 3. The molecule has 3 heterocycles. The van der Waals surface area contributed by atoms with Gasteiger partial charge in [-0.05, 0) is 51.2 Å². The molecule has 0 N–H and O–H groups in total. The van der Waals surface area contributed by atoms with Gasteiger partial charge in [0.25, 0.3) is 5.91 Å². The highest BCUT2D eigenvalue weighted by molar-refractivity contribution is 5.94. The van der Waals surface area contributed by atoms with Crippen molar-refractivity contribution in [2.24, 2.45) is 5.41 Å². The first-order chi connectivity index (χ1) is 14.6. The number of hydrogen-bond donors (Lipinski definition) is 0. The summed E-state index contributed by atoms with van der Waals surface area (Å²) in [5, 5.41) is 8.45. The Morgan fingerprint density at radius 1 is 1.23 bits per heavy atom. The van der Waals surface area contributed by atoms with Crippen molar-refractivity contribution in [3.8, 4) is 0 Å². The fraction of sp³-hybridized carbons (Fsp3) is 0.591. The number of amides is 1. The van der Waals surface area contributed by atoms with E-state index in [0.717, 1.165) is 38.1 Å². The van der Waals surface area contributed by atoms with E-state index in [-0.39, 0.29) is 22.8 Å². The van der Waals surface area contributed by atoms with Crippen LogP contribution < -0.4 is 0 Å². The highest BCUT2D eigenvalue weighted by Gasteiger charge is 2.52. The van der Waals surface area contributed by atoms with Gasteiger partial charge in [-0.2, -0.15) is 13.2 Å². The zero-order valence-corrected chi connectivity index (χ0v) is 17.9. The summed E-state index contributed by atoms with van der Waals surface area (Å²) in [5.74, 6) is 0.652. The third kappa shape index (κ3) is 4.20. The van der Waals surface area contributed by atoms with E-state index < -0.39 is 17.6 Å². The van der Waals surface area contributed by atoms with Crippen molar-refractivity contribution in [1.29, 1.82) is 0 Å². The molecule has 1 atom stereocenters. The van der Waals surface area contributed by atoms with Gasteiger partial charge in [-0.3, -0.25) is 4.79 Å². The van der Waals surface area contributed by atoms with Gasteiger partial charge < -0.3 is 14.2 Å². The van der Waals surface area contributed by atoms with E-state index in [9.17, 15) is 18.0 Å². The topological polar surface area (TPSA) is 62.5 Å². The number of piperidine rings is 1. The molecule has 1 amide bonds. The lowest BCUT2D eigenvalue weighted by atomic mass is 9.71. The Morgan fingerprint density at radius 2 is 1.94 bits per heavy atom. The maximum absolute atomic E-state index is 13.2. The maximum atomic E-state index is 13.2. The predicted octanol–water partition coefficient (Wildman–Crippen LogP) is 4.16. The average molecular weight is 436 g/mol. The van der Waals surface area contributed by atoms with Crippen molar-refractivity contribution in [2.45, 2.75) is 44.7 Å². The Balaban J connectivity index is 1.63. The van der Waals surface area contributed by atoms with E-state index in [1.165, 1.54) is 12.1 Å². The molecule has 2 aromatic rings. The molecule has 31 heavy (non-hydrogen) atoms. The molecular formula is C22H27F3N4O2. The largest absolute Gasteiger partial charge is 0.425 e. The van der Waals surface area contributed by atoms with Crippen LogP contribution in [0.4, 0.5) is 13.2 Å². The second-order valence-corrected chi connectivity index (χ2v) is 9.12. The minimum Gasteiger partial charge on any atom is -0.425 e. The van der Waals surface area contributed by atoms with E-state index in [1.54, 1.807) is 4.90 Å². The Bertz CT molecular complexity index is 948. The molecule has 0 radical (unpaired) electrons. The Morgan fingerprint density at radius 3 is 2.55 bits per heavy atom. The summed E-state index contributed by atoms with van der Waals surface area (Å²) in [7, 11) is 2.06. The predicted molar refractivity (Wildman–Crippen MR) is 108 cm³/mol. The lowest BCUT2D eigenvalue weighted by Crippen LogP contribution is -2.42. The quantitative estimate of drug-likeness (QED) is 0.723. The van der Waals surface area contributed by atoms with Gasteiger partial charge in [0.15, 0.2) is 0 Å². The molecule has 1 aromatic carbocycles. The van der Waals surface area contributed by atoms with Crippen LogP contribution in [0.15, 0.2) is 28.7 Å². The third-order valence-electron chi connectivity index (χ3n) is 6.60. The van der Waals surface area contributed by atoms with Gasteiger partial charge in [-0.1, -0.05) is 19.9 Å². The molecule has 2 saturated heterocycles. The highest BCUT2D eigenvalue weighted by atomic mass is 19.4. The lowest BCUT2D eigenvalue weighted by Gasteiger charge is -2.40. The molecule has 0 bridgehead atoms. The van der Waals surface area contributed by atoms with Crippen LogP contribution in [0.3, 0.4) is 0 Å². The van der Waals surface area contributed by atoms with Crippen LogP contribution in [0.2, 0.25) is 0 Å². The fourth-order valence-electron chi connectivity index (χ4n) is 4.67. The first-order valence-corrected chi connectivity index (χ1v) is 10.6. The molecule has 4 rings (SSSR count). The van der Waals surface area contributed by atoms with Crippen LogP contribution in [0.25, 0.3) is 0 Å². The molecule has 0 saturated carbocycles. The Kier molecular flexibility index (Phi) is 5.57. The Hall–Kier alpha value is -2.42. The number of halogens is 3. The number of nitrogens with zero attached hydrogens (tertiary/aromatic N) is 4. The van der Waals surface area contributed by atoms with Crippen molar-refractivity contribution >= 4 is 5.91 Å². The van der Waals surface area contributed by atoms with Crippen LogP contribution in [-0.4, -0.2) is 59.1 Å². The molecular weight excluding hydrogens is 409 g/mol. The molecule has 0 aliphatic carbocycles. The monoisotopic (exact) mass is 436 g/mol. The van der Waals surface area contributed by atoms with Crippen molar-refractivity contribution in [3.63, 3.8) is 0 Å². The van der Waals surface area contributed by atoms with E-state index >= 15 is 0 Å². The number of carbonyl (C=O) groups is 1. The molecule has 2 aliphatic rings. The fourth-order valence-corrected chi connectivity index (χ4v) is 4.67. The summed E-state index contributed by atoms with van der Waals surface area (Å²) in [6, 6.07) is 4.63. The van der Waals surface area contributed by atoms with E-state index in [1.807, 2.05) is 13.8 Å². The highest BCUT2D eigenvalue weighted by Crippen LogP contribution is 2.49. The first-order valence-electron chi connectivity index (χ1n) is 10.6. The number of carbonyl (C=O) groups excluding carboxylic acids is 1. The number of likely N-dealkylation sites (tertiary alicyclic amines) is 2. The van der Waals surface area contributed by atoms with Crippen molar-refractivity contribution in [1.82, 2.24) is 20.0 Å². The summed E-state index contributed by atoms with van der Waals surface area (Å²) >= 11 is 0. The molecule has 6 nitrogen and oxygen atoms in total. The van der Waals surface area contributed by atoms with Gasteiger partial charge in [0, 0.05) is 30.0 Å². The molecule has 1 aromatic heterocycles. The van der Waals surface area contributed by atoms with Crippen LogP contribution in [0.1, 0.15) is 66.2 Å². The van der Waals surface area contributed by atoms with Crippen molar-refractivity contribution < 1.29 is 22.4 Å². The van der Waals surface area contributed by atoms with E-state index in [0.29, 0.717) is 24.9 Å². The second kappa shape index (κ2) is 7.93. The summed E-state index contributed by atoms with van der Waals surface area (Å²) < 4.78 is 45.3. The minimum absolute atomic E-state index is 0.0481. The van der Waals surface area contributed by atoms with Crippen LogP contribution in [0, 0.1) is 5.41 Å². The molecule has 9 heteroatoms. The second-order valence-electron chi connectivity index (χ2n) is 9.12. The zero-order chi connectivity index (χ0) is 22.4. The van der Waals surface area contributed by atoms with E-state index in [4.69, 9.17) is 4.42 Å². The molecule has 2 fully saturated rings. The van der Waals surface area contributed by atoms with Gasteiger partial charge in [-0.25, -0.2) is 0 Å². The van der Waals surface area contributed by atoms with Crippen molar-refractivity contribution in [3.05, 3.63) is 47.2 Å². The van der Waals surface area contributed by atoms with Gasteiger partial charge in [0.2, 0.25) is 11.8 Å². The zero-order valence-electron chi connectivity index (χ0n) is 17.9. The molecule has 1 unspecified atom stereocenters.